The highest BCUT2D eigenvalue weighted by molar-refractivity contribution is 6.09. The predicted octanol–water partition coefficient (Wildman–Crippen LogP) is 1.07. The lowest BCUT2D eigenvalue weighted by molar-refractivity contribution is -0.138. The fraction of sp³-hybridized carbons (Fsp3) is 0.227. The zero-order chi connectivity index (χ0) is 23.5. The van der Waals surface area contributed by atoms with E-state index in [0.717, 1.165) is 4.90 Å². The molecule has 1 aliphatic rings. The minimum absolute atomic E-state index is 0.129. The number of carbonyl (C=O) groups excluding carboxylic acids is 3. The lowest BCUT2D eigenvalue weighted by atomic mass is 9.91. The molecule has 2 aromatic carbocycles. The van der Waals surface area contributed by atoms with Crippen LogP contribution in [0.25, 0.3) is 0 Å². The minimum atomic E-state index is -1.40. The van der Waals surface area contributed by atoms with Crippen molar-refractivity contribution in [1.29, 1.82) is 5.41 Å². The zero-order valence-corrected chi connectivity index (χ0v) is 17.3. The molecule has 166 valence electrons. The van der Waals surface area contributed by atoms with Crippen molar-refractivity contribution in [3.05, 3.63) is 71.3 Å². The van der Waals surface area contributed by atoms with Gasteiger partial charge in [-0.3, -0.25) is 24.7 Å². The Hall–Kier alpha value is -4.21. The van der Waals surface area contributed by atoms with Gasteiger partial charge >= 0.3 is 12.0 Å². The van der Waals surface area contributed by atoms with E-state index < -0.39 is 41.9 Å². The van der Waals surface area contributed by atoms with Crippen molar-refractivity contribution in [3.8, 4) is 0 Å². The van der Waals surface area contributed by atoms with E-state index >= 15 is 0 Å². The lowest BCUT2D eigenvalue weighted by Gasteiger charge is -2.23. The second-order valence-corrected chi connectivity index (χ2v) is 7.57. The third-order valence-electron chi connectivity index (χ3n) is 5.27. The molecule has 32 heavy (non-hydrogen) atoms. The van der Waals surface area contributed by atoms with Crippen LogP contribution in [-0.2, 0) is 19.9 Å². The Balaban J connectivity index is 1.74. The molecular weight excluding hydrogens is 414 g/mol. The van der Waals surface area contributed by atoms with E-state index in [1.54, 1.807) is 54.6 Å². The fourth-order valence-corrected chi connectivity index (χ4v) is 3.52. The van der Waals surface area contributed by atoms with E-state index in [-0.39, 0.29) is 12.3 Å². The summed E-state index contributed by atoms with van der Waals surface area (Å²) in [6.45, 7) is 0.958. The third-order valence-corrected chi connectivity index (χ3v) is 5.27. The largest absolute Gasteiger partial charge is 0.481 e. The van der Waals surface area contributed by atoms with E-state index in [1.165, 1.54) is 6.92 Å². The van der Waals surface area contributed by atoms with E-state index in [2.05, 4.69) is 10.6 Å². The molecule has 1 saturated heterocycles. The van der Waals surface area contributed by atoms with Gasteiger partial charge in [0.25, 0.3) is 5.91 Å². The number of carboxylic acid groups (broad SMARTS) is 1. The number of nitrogens with zero attached hydrogens (tertiary/aromatic N) is 1. The molecule has 2 aromatic rings. The van der Waals surface area contributed by atoms with Crippen LogP contribution in [0, 0.1) is 5.41 Å². The molecule has 0 saturated carbocycles. The summed E-state index contributed by atoms with van der Waals surface area (Å²) in [5.74, 6) is -2.52. The molecule has 2 atom stereocenters. The number of hydrogen-bond acceptors (Lipinski definition) is 5. The van der Waals surface area contributed by atoms with Crippen molar-refractivity contribution < 1.29 is 24.3 Å². The molecule has 1 unspecified atom stereocenters. The number of carbonyl (C=O) groups is 4. The maximum Gasteiger partial charge on any atom is 0.325 e. The van der Waals surface area contributed by atoms with Gasteiger partial charge in [-0.1, -0.05) is 54.6 Å². The highest BCUT2D eigenvalue weighted by Crippen LogP contribution is 2.29. The van der Waals surface area contributed by atoms with Gasteiger partial charge in [0.1, 0.15) is 17.9 Å². The van der Waals surface area contributed by atoms with Gasteiger partial charge in [0.05, 0.1) is 12.5 Å². The average Bonchev–Trinajstić information content (AvgIpc) is 2.97. The second kappa shape index (κ2) is 8.88. The van der Waals surface area contributed by atoms with E-state index in [9.17, 15) is 24.3 Å². The molecule has 10 heteroatoms. The van der Waals surface area contributed by atoms with Crippen LogP contribution in [0.4, 0.5) is 4.79 Å². The quantitative estimate of drug-likeness (QED) is 0.235. The number of urea groups is 1. The first-order chi connectivity index (χ1) is 15.1. The van der Waals surface area contributed by atoms with Gasteiger partial charge in [-0.2, -0.15) is 0 Å². The van der Waals surface area contributed by atoms with Crippen LogP contribution >= 0.6 is 0 Å². The highest BCUT2D eigenvalue weighted by atomic mass is 16.4. The summed E-state index contributed by atoms with van der Waals surface area (Å²) in [7, 11) is 0. The number of nitrogens with two attached hydrogens (primary N) is 1. The minimum Gasteiger partial charge on any atom is -0.481 e. The number of aliphatic carboxylic acids is 1. The molecular formula is C22H23N5O5. The number of carboxylic acids is 1. The molecule has 0 aliphatic carbocycles. The molecule has 1 aliphatic heterocycles. The summed E-state index contributed by atoms with van der Waals surface area (Å²) in [6.07, 6.45) is -0.351. The average molecular weight is 437 g/mol. The van der Waals surface area contributed by atoms with Gasteiger partial charge in [-0.05, 0) is 18.1 Å². The SMILES string of the molecule is CC1(c2ccc(C(=N)N)cc2)NC(=O)N(CC(=O)N[C@@H](CC(=O)O)c2ccccc2)C1=O. The summed E-state index contributed by atoms with van der Waals surface area (Å²) in [5.41, 5.74) is 5.58. The Morgan fingerprint density at radius 2 is 1.78 bits per heavy atom. The maximum absolute atomic E-state index is 13.0. The normalized spacial score (nSPS) is 18.7. The Kier molecular flexibility index (Phi) is 6.24. The summed E-state index contributed by atoms with van der Waals surface area (Å²) >= 11 is 0. The molecule has 4 amide bonds. The number of nitrogens with one attached hydrogen (secondary N) is 3. The molecule has 0 bridgehead atoms. The number of rotatable bonds is 8. The van der Waals surface area contributed by atoms with E-state index in [4.69, 9.17) is 11.1 Å². The maximum atomic E-state index is 13.0. The van der Waals surface area contributed by atoms with E-state index in [1.807, 2.05) is 0 Å². The fourth-order valence-electron chi connectivity index (χ4n) is 3.52. The Morgan fingerprint density at radius 1 is 1.16 bits per heavy atom. The van der Waals surface area contributed by atoms with Crippen LogP contribution in [0.15, 0.2) is 54.6 Å². The number of amides is 4. The zero-order valence-electron chi connectivity index (χ0n) is 17.3. The standard InChI is InChI=1S/C22H23N5O5/c1-22(15-9-7-14(8-10-15)19(23)24)20(31)27(21(32)26-22)12-17(28)25-16(11-18(29)30)13-5-3-2-4-6-13/h2-10,16H,11-12H2,1H3,(H3,23,24)(H,25,28)(H,26,32)(H,29,30)/t16-,22?/m0/s1. The van der Waals surface area contributed by atoms with Crippen molar-refractivity contribution in [2.24, 2.45) is 5.73 Å². The Bertz CT molecular complexity index is 1070. The van der Waals surface area contributed by atoms with Crippen molar-refractivity contribution in [2.45, 2.75) is 24.9 Å². The number of imide groups is 1. The van der Waals surface area contributed by atoms with Crippen molar-refractivity contribution in [1.82, 2.24) is 15.5 Å². The lowest BCUT2D eigenvalue weighted by Crippen LogP contribution is -2.44. The van der Waals surface area contributed by atoms with Crippen LogP contribution in [-0.4, -0.2) is 46.2 Å². The van der Waals surface area contributed by atoms with Gasteiger partial charge < -0.3 is 21.5 Å². The number of nitrogen functional groups attached to an aromatic ring is 1. The van der Waals surface area contributed by atoms with Gasteiger partial charge in [0.2, 0.25) is 5.91 Å². The van der Waals surface area contributed by atoms with Crippen molar-refractivity contribution in [2.75, 3.05) is 6.54 Å². The first-order valence-corrected chi connectivity index (χ1v) is 9.77. The number of hydrogen-bond donors (Lipinski definition) is 5. The Morgan fingerprint density at radius 3 is 2.34 bits per heavy atom. The molecule has 6 N–H and O–H groups in total. The van der Waals surface area contributed by atoms with Gasteiger partial charge in [0, 0.05) is 5.56 Å². The number of amidine groups is 1. The van der Waals surface area contributed by atoms with Gasteiger partial charge in [-0.15, -0.1) is 0 Å². The van der Waals surface area contributed by atoms with E-state index in [0.29, 0.717) is 16.7 Å². The molecule has 0 spiro atoms. The number of benzene rings is 2. The first kappa shape index (κ1) is 22.5. The topological polar surface area (TPSA) is 166 Å². The van der Waals surface area contributed by atoms with Crippen LogP contribution in [0.3, 0.4) is 0 Å². The summed E-state index contributed by atoms with van der Waals surface area (Å²) in [5, 5.41) is 21.8. The van der Waals surface area contributed by atoms with Crippen molar-refractivity contribution in [3.63, 3.8) is 0 Å². The predicted molar refractivity (Wildman–Crippen MR) is 115 cm³/mol. The van der Waals surface area contributed by atoms with Gasteiger partial charge in [0.15, 0.2) is 0 Å². The molecule has 1 fully saturated rings. The van der Waals surface area contributed by atoms with Crippen LogP contribution in [0.1, 0.15) is 36.1 Å². The Labute approximate surface area is 183 Å². The monoisotopic (exact) mass is 437 g/mol. The van der Waals surface area contributed by atoms with Gasteiger partial charge in [-0.25, -0.2) is 4.79 Å². The summed E-state index contributed by atoms with van der Waals surface area (Å²) in [4.78, 5) is 50.1. The summed E-state index contributed by atoms with van der Waals surface area (Å²) in [6, 6.07) is 13.3. The second-order valence-electron chi connectivity index (χ2n) is 7.57. The molecule has 0 radical (unpaired) electrons. The molecule has 3 rings (SSSR count). The molecule has 0 aromatic heterocycles. The van der Waals surface area contributed by atoms with Crippen LogP contribution in [0.5, 0.6) is 0 Å². The first-order valence-electron chi connectivity index (χ1n) is 9.77. The van der Waals surface area contributed by atoms with Crippen LogP contribution in [0.2, 0.25) is 0 Å². The summed E-state index contributed by atoms with van der Waals surface area (Å²) < 4.78 is 0. The molecule has 10 nitrogen and oxygen atoms in total. The third kappa shape index (κ3) is 4.59. The van der Waals surface area contributed by atoms with Crippen molar-refractivity contribution >= 4 is 29.7 Å². The smallest absolute Gasteiger partial charge is 0.325 e. The molecule has 1 heterocycles. The van der Waals surface area contributed by atoms with Crippen LogP contribution < -0.4 is 16.4 Å². The highest BCUT2D eigenvalue weighted by Gasteiger charge is 2.49.